The second-order valence-electron chi connectivity index (χ2n) is 9.39. The molecular weight excluding hydrogens is 548 g/mol. The molecule has 0 radical (unpaired) electrons. The Kier molecular flexibility index (Phi) is 7.48. The van der Waals surface area contributed by atoms with Crippen molar-refractivity contribution in [3.63, 3.8) is 0 Å². The molecular formula is C26H29ClN4O5S2. The lowest BCUT2D eigenvalue weighted by Gasteiger charge is -2.16. The molecule has 0 amide bonds. The number of aromatic nitrogens is 4. The van der Waals surface area contributed by atoms with E-state index in [0.29, 0.717) is 22.4 Å². The van der Waals surface area contributed by atoms with Crippen molar-refractivity contribution in [2.45, 2.75) is 50.5 Å². The summed E-state index contributed by atoms with van der Waals surface area (Å²) in [6.07, 6.45) is 1.31. The van der Waals surface area contributed by atoms with Gasteiger partial charge in [0.15, 0.2) is 9.84 Å². The third kappa shape index (κ3) is 5.64. The van der Waals surface area contributed by atoms with Crippen LogP contribution in [0.5, 0.6) is 5.88 Å². The largest absolute Gasteiger partial charge is 0.358 e. The first kappa shape index (κ1) is 27.9. The van der Waals surface area contributed by atoms with Crippen molar-refractivity contribution in [2.75, 3.05) is 6.26 Å². The Bertz CT molecular complexity index is 1740. The van der Waals surface area contributed by atoms with E-state index in [1.807, 2.05) is 26.8 Å². The SMILES string of the molecule is Cc1ccc(S(=O)(=O)Oc2c(Cc3ccc(S(C)(=O)=O)c(Cn4nc(C)cc4C)c3Cl)c(C)nn2C)cc1. The Balaban J connectivity index is 1.77. The second-order valence-corrected chi connectivity index (χ2v) is 13.3. The van der Waals surface area contributed by atoms with Crippen LogP contribution in [0.1, 0.15) is 39.3 Å². The van der Waals surface area contributed by atoms with Gasteiger partial charge in [0.25, 0.3) is 0 Å². The number of benzene rings is 2. The number of halogens is 1. The van der Waals surface area contributed by atoms with E-state index >= 15 is 0 Å². The molecule has 2 aromatic heterocycles. The molecule has 0 unspecified atom stereocenters. The molecule has 38 heavy (non-hydrogen) atoms. The molecule has 0 atom stereocenters. The summed E-state index contributed by atoms with van der Waals surface area (Å²) in [5.41, 5.74) is 4.68. The van der Waals surface area contributed by atoms with Crippen LogP contribution in [-0.2, 0) is 40.0 Å². The van der Waals surface area contributed by atoms with Gasteiger partial charge < -0.3 is 4.18 Å². The zero-order valence-corrected chi connectivity index (χ0v) is 24.4. The summed E-state index contributed by atoms with van der Waals surface area (Å²) in [5, 5.41) is 9.08. The summed E-state index contributed by atoms with van der Waals surface area (Å²) in [7, 11) is -6.12. The molecule has 4 rings (SSSR count). The van der Waals surface area contributed by atoms with Crippen molar-refractivity contribution in [1.29, 1.82) is 0 Å². The highest BCUT2D eigenvalue weighted by atomic mass is 35.5. The standard InChI is InChI=1S/C26H29ClN4O5S2/c1-16-7-10-21(11-8-16)38(34,35)36-26-22(19(4)29-30(26)5)14-20-9-12-24(37(6,32)33)23(25(20)27)15-31-18(3)13-17(2)28-31/h7-13H,14-15H2,1-6H3. The van der Waals surface area contributed by atoms with Crippen LogP contribution in [0.25, 0.3) is 0 Å². The lowest BCUT2D eigenvalue weighted by atomic mass is 10.0. The van der Waals surface area contributed by atoms with Gasteiger partial charge in [0.05, 0.1) is 27.9 Å². The fourth-order valence-corrected chi connectivity index (χ4v) is 6.56. The summed E-state index contributed by atoms with van der Waals surface area (Å²) in [6.45, 7) is 7.51. The van der Waals surface area contributed by atoms with E-state index in [1.54, 1.807) is 36.9 Å². The Hall–Kier alpha value is -3.15. The van der Waals surface area contributed by atoms with Crippen molar-refractivity contribution in [1.82, 2.24) is 19.6 Å². The molecule has 2 heterocycles. The lowest BCUT2D eigenvalue weighted by molar-refractivity contribution is 0.452. The molecule has 202 valence electrons. The smallest absolute Gasteiger partial charge is 0.340 e. The van der Waals surface area contributed by atoms with Crippen LogP contribution in [0.2, 0.25) is 5.02 Å². The molecule has 2 aromatic carbocycles. The highest BCUT2D eigenvalue weighted by molar-refractivity contribution is 7.90. The Morgan fingerprint density at radius 3 is 2.16 bits per heavy atom. The summed E-state index contributed by atoms with van der Waals surface area (Å²) < 4.78 is 59.9. The van der Waals surface area contributed by atoms with E-state index in [0.717, 1.165) is 23.2 Å². The molecule has 0 saturated carbocycles. The average Bonchev–Trinajstić information content (AvgIpc) is 3.26. The van der Waals surface area contributed by atoms with E-state index in [1.165, 1.54) is 22.9 Å². The van der Waals surface area contributed by atoms with Crippen LogP contribution < -0.4 is 4.18 Å². The molecule has 0 aliphatic rings. The average molecular weight is 577 g/mol. The predicted octanol–water partition coefficient (Wildman–Crippen LogP) is 4.31. The van der Waals surface area contributed by atoms with Crippen molar-refractivity contribution in [3.8, 4) is 5.88 Å². The number of hydrogen-bond donors (Lipinski definition) is 0. The van der Waals surface area contributed by atoms with Crippen molar-refractivity contribution in [2.24, 2.45) is 7.05 Å². The zero-order valence-electron chi connectivity index (χ0n) is 22.0. The van der Waals surface area contributed by atoms with E-state index < -0.39 is 20.0 Å². The summed E-state index contributed by atoms with van der Waals surface area (Å²) >= 11 is 6.84. The minimum absolute atomic E-state index is 0.0237. The van der Waals surface area contributed by atoms with E-state index in [2.05, 4.69) is 10.2 Å². The monoisotopic (exact) mass is 576 g/mol. The van der Waals surface area contributed by atoms with Crippen LogP contribution in [0.3, 0.4) is 0 Å². The summed E-state index contributed by atoms with van der Waals surface area (Å²) in [4.78, 5) is 0.135. The molecule has 12 heteroatoms. The van der Waals surface area contributed by atoms with Gasteiger partial charge >= 0.3 is 10.1 Å². The van der Waals surface area contributed by atoms with Gasteiger partial charge in [0, 0.05) is 36.5 Å². The highest BCUT2D eigenvalue weighted by Crippen LogP contribution is 2.34. The minimum Gasteiger partial charge on any atom is -0.358 e. The van der Waals surface area contributed by atoms with E-state index in [4.69, 9.17) is 15.8 Å². The number of aryl methyl sites for hydroxylation is 5. The van der Waals surface area contributed by atoms with E-state index in [-0.39, 0.29) is 33.7 Å². The molecule has 0 spiro atoms. The highest BCUT2D eigenvalue weighted by Gasteiger charge is 2.26. The van der Waals surface area contributed by atoms with Gasteiger partial charge in [-0.1, -0.05) is 35.4 Å². The van der Waals surface area contributed by atoms with Gasteiger partial charge in [-0.3, -0.25) is 4.68 Å². The Morgan fingerprint density at radius 2 is 1.58 bits per heavy atom. The molecule has 0 bridgehead atoms. The minimum atomic E-state index is -4.13. The molecule has 0 aliphatic heterocycles. The maximum Gasteiger partial charge on any atom is 0.340 e. The predicted molar refractivity (Wildman–Crippen MR) is 145 cm³/mol. The van der Waals surface area contributed by atoms with Crippen LogP contribution in [0.4, 0.5) is 0 Å². The van der Waals surface area contributed by atoms with Gasteiger partial charge in [-0.15, -0.1) is 0 Å². The molecule has 9 nitrogen and oxygen atoms in total. The lowest BCUT2D eigenvalue weighted by Crippen LogP contribution is -2.14. The van der Waals surface area contributed by atoms with Crippen LogP contribution in [-0.4, -0.2) is 42.7 Å². The maximum atomic E-state index is 13.0. The molecule has 0 saturated heterocycles. The number of nitrogens with zero attached hydrogens (tertiary/aromatic N) is 4. The van der Waals surface area contributed by atoms with Crippen LogP contribution >= 0.6 is 11.6 Å². The fourth-order valence-electron chi connectivity index (χ4n) is 4.30. The fraction of sp³-hybridized carbons (Fsp3) is 0.308. The first-order chi connectivity index (χ1) is 17.7. The molecule has 0 N–H and O–H groups in total. The quantitative estimate of drug-likeness (QED) is 0.287. The maximum absolute atomic E-state index is 13.0. The normalized spacial score (nSPS) is 12.2. The topological polar surface area (TPSA) is 113 Å². The Morgan fingerprint density at radius 1 is 0.921 bits per heavy atom. The van der Waals surface area contributed by atoms with Gasteiger partial charge in [0.1, 0.15) is 4.90 Å². The first-order valence-corrected chi connectivity index (χ1v) is 15.4. The summed E-state index contributed by atoms with van der Waals surface area (Å²) in [5.74, 6) is 0.0615. The first-order valence-electron chi connectivity index (χ1n) is 11.7. The van der Waals surface area contributed by atoms with Crippen LogP contribution in [0.15, 0.2) is 52.3 Å². The van der Waals surface area contributed by atoms with Gasteiger partial charge in [-0.25, -0.2) is 13.1 Å². The second kappa shape index (κ2) is 10.2. The number of rotatable bonds is 8. The van der Waals surface area contributed by atoms with Crippen LogP contribution in [0, 0.1) is 27.7 Å². The van der Waals surface area contributed by atoms with Crippen molar-refractivity contribution < 1.29 is 21.0 Å². The summed E-state index contributed by atoms with van der Waals surface area (Å²) in [6, 6.07) is 11.4. The molecule has 0 aliphatic carbocycles. The Labute approximate surface area is 228 Å². The number of hydrogen-bond acceptors (Lipinski definition) is 7. The zero-order chi connectivity index (χ0) is 28.0. The van der Waals surface area contributed by atoms with Crippen molar-refractivity contribution in [3.05, 3.63) is 86.8 Å². The van der Waals surface area contributed by atoms with E-state index in [9.17, 15) is 16.8 Å². The third-order valence-electron chi connectivity index (χ3n) is 6.25. The number of sulfone groups is 1. The third-order valence-corrected chi connectivity index (χ3v) is 9.12. The molecule has 0 fully saturated rings. The van der Waals surface area contributed by atoms with Gasteiger partial charge in [-0.2, -0.15) is 18.6 Å². The van der Waals surface area contributed by atoms with Gasteiger partial charge in [0.2, 0.25) is 5.88 Å². The van der Waals surface area contributed by atoms with Gasteiger partial charge in [-0.05, 0) is 57.5 Å². The van der Waals surface area contributed by atoms with Crippen molar-refractivity contribution >= 4 is 31.6 Å². The molecule has 4 aromatic rings.